The van der Waals surface area contributed by atoms with Crippen molar-refractivity contribution in [1.29, 1.82) is 0 Å². The lowest BCUT2D eigenvalue weighted by Gasteiger charge is -2.12. The first-order chi connectivity index (χ1) is 13.0. The maximum atomic E-state index is 12.8. The van der Waals surface area contributed by atoms with Gasteiger partial charge in [-0.25, -0.2) is 4.98 Å². The van der Waals surface area contributed by atoms with Gasteiger partial charge in [0.25, 0.3) is 11.7 Å². The number of halogens is 3. The van der Waals surface area contributed by atoms with Gasteiger partial charge in [-0.15, -0.1) is 11.3 Å². The minimum Gasteiger partial charge on any atom is -0.487 e. The molecule has 0 spiro atoms. The Labute approximate surface area is 167 Å². The molecule has 9 heteroatoms. The molecule has 0 unspecified atom stereocenters. The van der Waals surface area contributed by atoms with Gasteiger partial charge in [0.2, 0.25) is 0 Å². The Morgan fingerprint density at radius 1 is 1.30 bits per heavy atom. The number of thiazole rings is 1. The summed E-state index contributed by atoms with van der Waals surface area (Å²) in [4.78, 5) is 16.8. The first-order valence-electron chi connectivity index (χ1n) is 7.67. The number of hydrogen-bond donors (Lipinski definition) is 1. The molecule has 3 rings (SSSR count). The summed E-state index contributed by atoms with van der Waals surface area (Å²) >= 11 is 7.74. The van der Waals surface area contributed by atoms with Crippen LogP contribution in [0, 0.1) is 0 Å². The topological polar surface area (TPSA) is 51.2 Å². The van der Waals surface area contributed by atoms with Crippen molar-refractivity contribution < 1.29 is 18.3 Å². The van der Waals surface area contributed by atoms with E-state index in [4.69, 9.17) is 16.3 Å². The van der Waals surface area contributed by atoms with Crippen molar-refractivity contribution in [3.8, 4) is 5.75 Å². The Morgan fingerprint density at radius 3 is 2.85 bits per heavy atom. The van der Waals surface area contributed by atoms with Gasteiger partial charge >= 0.3 is 0 Å². The van der Waals surface area contributed by atoms with Gasteiger partial charge in [0.15, 0.2) is 0 Å². The van der Waals surface area contributed by atoms with Crippen molar-refractivity contribution in [3.05, 3.63) is 69.6 Å². The zero-order valence-corrected chi connectivity index (χ0v) is 16.1. The van der Waals surface area contributed by atoms with Crippen LogP contribution >= 0.6 is 34.7 Å². The third-order valence-corrected chi connectivity index (χ3v) is 5.30. The Balaban J connectivity index is 1.73. The van der Waals surface area contributed by atoms with Gasteiger partial charge in [-0.1, -0.05) is 35.5 Å². The van der Waals surface area contributed by atoms with Crippen molar-refractivity contribution >= 4 is 46.3 Å². The lowest BCUT2D eigenvalue weighted by molar-refractivity contribution is 0.102. The summed E-state index contributed by atoms with van der Waals surface area (Å²) in [6, 6.07) is 11.2. The zero-order chi connectivity index (χ0) is 19.2. The van der Waals surface area contributed by atoms with Gasteiger partial charge in [0, 0.05) is 10.9 Å². The molecule has 0 aliphatic carbocycles. The predicted octanol–water partition coefficient (Wildman–Crippen LogP) is 5.94. The number of alkyl halides is 2. The van der Waals surface area contributed by atoms with E-state index in [2.05, 4.69) is 10.3 Å². The molecule has 0 atom stereocenters. The van der Waals surface area contributed by atoms with Crippen LogP contribution in [0.1, 0.15) is 16.1 Å². The summed E-state index contributed by atoms with van der Waals surface area (Å²) in [6.45, 7) is 0.290. The van der Waals surface area contributed by atoms with E-state index in [-0.39, 0.29) is 34.0 Å². The summed E-state index contributed by atoms with van der Waals surface area (Å²) in [5.74, 6) is -2.60. The number of hydrogen-bond acceptors (Lipinski definition) is 5. The summed E-state index contributed by atoms with van der Waals surface area (Å²) in [5, 5.41) is 4.65. The third-order valence-electron chi connectivity index (χ3n) is 3.39. The quantitative estimate of drug-likeness (QED) is 0.475. The molecule has 1 amide bonds. The molecule has 0 saturated heterocycles. The highest BCUT2D eigenvalue weighted by molar-refractivity contribution is 7.99. The fourth-order valence-corrected chi connectivity index (χ4v) is 3.66. The number of ether oxygens (including phenoxy) is 1. The largest absolute Gasteiger partial charge is 0.487 e. The highest BCUT2D eigenvalue weighted by Gasteiger charge is 2.16. The molecule has 2 aromatic carbocycles. The Morgan fingerprint density at radius 2 is 2.11 bits per heavy atom. The monoisotopic (exact) mass is 426 g/mol. The third kappa shape index (κ3) is 5.41. The first-order valence-corrected chi connectivity index (χ1v) is 9.87. The first kappa shape index (κ1) is 19.6. The molecule has 1 N–H and O–H groups in total. The average Bonchev–Trinajstić information content (AvgIpc) is 3.16. The number of benzene rings is 2. The van der Waals surface area contributed by atoms with Crippen LogP contribution in [-0.2, 0) is 6.61 Å². The van der Waals surface area contributed by atoms with Gasteiger partial charge in [-0.3, -0.25) is 4.79 Å². The number of aromatic nitrogens is 1. The molecule has 0 aliphatic heterocycles. The fourth-order valence-electron chi connectivity index (χ4n) is 2.20. The number of nitrogens with zero attached hydrogens (tertiary/aromatic N) is 1. The van der Waals surface area contributed by atoms with Gasteiger partial charge in [0.05, 0.1) is 26.8 Å². The average molecular weight is 427 g/mol. The molecule has 0 radical (unpaired) electrons. The second kappa shape index (κ2) is 9.16. The van der Waals surface area contributed by atoms with Crippen LogP contribution in [0.3, 0.4) is 0 Å². The Kier molecular flexibility index (Phi) is 6.65. The van der Waals surface area contributed by atoms with E-state index in [1.165, 1.54) is 23.5 Å². The minimum absolute atomic E-state index is 0.124. The summed E-state index contributed by atoms with van der Waals surface area (Å²) in [7, 11) is 0. The van der Waals surface area contributed by atoms with E-state index < -0.39 is 11.7 Å². The molecule has 3 aromatic rings. The molecular formula is C18H13ClF2N2O2S2. The fraction of sp³-hybridized carbons (Fsp3) is 0.111. The maximum absolute atomic E-state index is 12.8. The lowest BCUT2D eigenvalue weighted by Crippen LogP contribution is -2.13. The standard InChI is InChI=1S/C18H13ClF2N2O2S2/c19-14-5-2-6-15(16(14)27-18(20)21)23-17(24)11-3-1-4-13(7-11)25-8-12-9-26-10-22-12/h1-7,9-10,18H,8H2,(H,23,24). The predicted molar refractivity (Wildman–Crippen MR) is 104 cm³/mol. The molecule has 0 aliphatic rings. The van der Waals surface area contributed by atoms with Crippen molar-refractivity contribution in [2.45, 2.75) is 17.3 Å². The highest BCUT2D eigenvalue weighted by Crippen LogP contribution is 2.37. The summed E-state index contributed by atoms with van der Waals surface area (Å²) in [5.41, 5.74) is 3.07. The van der Waals surface area contributed by atoms with Gasteiger partial charge < -0.3 is 10.1 Å². The smallest absolute Gasteiger partial charge is 0.289 e. The number of amides is 1. The Hall–Kier alpha value is -2.16. The van der Waals surface area contributed by atoms with Gasteiger partial charge in [-0.2, -0.15) is 8.78 Å². The van der Waals surface area contributed by atoms with E-state index in [9.17, 15) is 13.6 Å². The van der Waals surface area contributed by atoms with E-state index in [0.717, 1.165) is 5.69 Å². The van der Waals surface area contributed by atoms with Crippen molar-refractivity contribution in [2.24, 2.45) is 0 Å². The number of nitrogens with one attached hydrogen (secondary N) is 1. The van der Waals surface area contributed by atoms with Crippen LogP contribution in [0.25, 0.3) is 0 Å². The number of anilines is 1. The zero-order valence-electron chi connectivity index (χ0n) is 13.7. The molecule has 1 heterocycles. The number of thioether (sulfide) groups is 1. The molecule has 140 valence electrons. The van der Waals surface area contributed by atoms with Crippen molar-refractivity contribution in [2.75, 3.05) is 5.32 Å². The molecule has 27 heavy (non-hydrogen) atoms. The second-order valence-corrected chi connectivity index (χ2v) is 7.37. The van der Waals surface area contributed by atoms with Crippen LogP contribution in [0.15, 0.2) is 58.3 Å². The second-order valence-electron chi connectivity index (χ2n) is 5.25. The number of rotatable bonds is 7. The van der Waals surface area contributed by atoms with Gasteiger partial charge in [-0.05, 0) is 30.3 Å². The summed E-state index contributed by atoms with van der Waals surface area (Å²) < 4.78 is 31.2. The van der Waals surface area contributed by atoms with Crippen LogP contribution in [0.4, 0.5) is 14.5 Å². The maximum Gasteiger partial charge on any atom is 0.289 e. The van der Waals surface area contributed by atoms with Crippen molar-refractivity contribution in [1.82, 2.24) is 4.98 Å². The number of carbonyl (C=O) groups is 1. The highest BCUT2D eigenvalue weighted by atomic mass is 35.5. The van der Waals surface area contributed by atoms with E-state index in [1.54, 1.807) is 35.8 Å². The van der Waals surface area contributed by atoms with Crippen LogP contribution in [0.5, 0.6) is 5.75 Å². The number of carbonyl (C=O) groups excluding carboxylic acids is 1. The van der Waals surface area contributed by atoms with Crippen LogP contribution in [-0.4, -0.2) is 16.6 Å². The van der Waals surface area contributed by atoms with Crippen molar-refractivity contribution in [3.63, 3.8) is 0 Å². The molecular weight excluding hydrogens is 414 g/mol. The summed E-state index contributed by atoms with van der Waals surface area (Å²) in [6.07, 6.45) is 0. The molecule has 0 fully saturated rings. The van der Waals surface area contributed by atoms with E-state index in [1.807, 2.05) is 5.38 Å². The SMILES string of the molecule is O=C(Nc1cccc(Cl)c1SC(F)F)c1cccc(OCc2cscn2)c1. The lowest BCUT2D eigenvalue weighted by atomic mass is 10.2. The van der Waals surface area contributed by atoms with Crippen LogP contribution < -0.4 is 10.1 Å². The van der Waals surface area contributed by atoms with E-state index >= 15 is 0 Å². The molecule has 4 nitrogen and oxygen atoms in total. The van der Waals surface area contributed by atoms with Crippen LogP contribution in [0.2, 0.25) is 5.02 Å². The Bertz CT molecular complexity index is 923. The van der Waals surface area contributed by atoms with Gasteiger partial charge in [0.1, 0.15) is 12.4 Å². The minimum atomic E-state index is -2.65. The molecule has 0 saturated carbocycles. The van der Waals surface area contributed by atoms with E-state index in [0.29, 0.717) is 11.3 Å². The molecule has 0 bridgehead atoms. The normalized spacial score (nSPS) is 10.8. The molecule has 1 aromatic heterocycles.